The molecule has 1 aromatic carbocycles. The van der Waals surface area contributed by atoms with Gasteiger partial charge in [-0.1, -0.05) is 11.3 Å². The number of rotatable bonds is 7. The largest absolute Gasteiger partial charge is 0.306 e. The molecule has 0 bridgehead atoms. The number of benzene rings is 1. The molecule has 11 nitrogen and oxygen atoms in total. The van der Waals surface area contributed by atoms with Gasteiger partial charge in [-0.2, -0.15) is 9.40 Å². The summed E-state index contributed by atoms with van der Waals surface area (Å²) in [5, 5.41) is 17.5. The molecule has 3 aromatic rings. The van der Waals surface area contributed by atoms with E-state index in [1.54, 1.807) is 12.1 Å². The molecule has 0 spiro atoms. The van der Waals surface area contributed by atoms with Crippen LogP contribution in [0, 0.1) is 10.1 Å². The Bertz CT molecular complexity index is 1210. The lowest BCUT2D eigenvalue weighted by Gasteiger charge is -2.15. The Labute approximate surface area is 175 Å². The van der Waals surface area contributed by atoms with E-state index in [9.17, 15) is 23.3 Å². The minimum atomic E-state index is -3.52. The first-order chi connectivity index (χ1) is 14.3. The zero-order chi connectivity index (χ0) is 21.3. The van der Waals surface area contributed by atoms with Crippen molar-refractivity contribution in [3.8, 4) is 0 Å². The molecular weight excluding hydrogens is 432 g/mol. The minimum absolute atomic E-state index is 0.0589. The lowest BCUT2D eigenvalue weighted by atomic mass is 10.3. The van der Waals surface area contributed by atoms with Crippen LogP contribution in [-0.2, 0) is 21.4 Å². The maximum atomic E-state index is 12.7. The fourth-order valence-corrected chi connectivity index (χ4v) is 5.70. The van der Waals surface area contributed by atoms with Gasteiger partial charge in [-0.05, 0) is 31.0 Å². The highest BCUT2D eigenvalue weighted by atomic mass is 32.2. The summed E-state index contributed by atoms with van der Waals surface area (Å²) in [6, 6.07) is 4.75. The highest BCUT2D eigenvalue weighted by Crippen LogP contribution is 2.30. The van der Waals surface area contributed by atoms with Crippen LogP contribution in [0.3, 0.4) is 0 Å². The van der Waals surface area contributed by atoms with Crippen LogP contribution in [0.15, 0.2) is 35.5 Å². The van der Waals surface area contributed by atoms with E-state index in [2.05, 4.69) is 15.4 Å². The van der Waals surface area contributed by atoms with Crippen molar-refractivity contribution in [2.75, 3.05) is 18.4 Å². The van der Waals surface area contributed by atoms with Gasteiger partial charge in [0, 0.05) is 26.1 Å². The van der Waals surface area contributed by atoms with Crippen molar-refractivity contribution < 1.29 is 18.1 Å². The summed E-state index contributed by atoms with van der Waals surface area (Å²) in [4.78, 5) is 26.8. The number of sulfonamides is 1. The van der Waals surface area contributed by atoms with Gasteiger partial charge in [0.25, 0.3) is 0 Å². The third-order valence-electron chi connectivity index (χ3n) is 4.71. The number of nitrogens with zero attached hydrogens (tertiary/aromatic N) is 5. The fourth-order valence-electron chi connectivity index (χ4n) is 3.16. The number of thiazole rings is 1. The smallest absolute Gasteiger partial charge is 0.302 e. The van der Waals surface area contributed by atoms with Crippen LogP contribution in [0.25, 0.3) is 10.2 Å². The van der Waals surface area contributed by atoms with Crippen LogP contribution >= 0.6 is 11.3 Å². The Hall–Kier alpha value is -2.90. The van der Waals surface area contributed by atoms with E-state index in [1.165, 1.54) is 32.6 Å². The summed E-state index contributed by atoms with van der Waals surface area (Å²) >= 11 is 1.19. The zero-order valence-electron chi connectivity index (χ0n) is 15.7. The highest BCUT2D eigenvalue weighted by molar-refractivity contribution is 7.89. The minimum Gasteiger partial charge on any atom is -0.302 e. The van der Waals surface area contributed by atoms with E-state index >= 15 is 0 Å². The van der Waals surface area contributed by atoms with Crippen LogP contribution in [0.4, 0.5) is 10.8 Å². The Morgan fingerprint density at radius 1 is 1.30 bits per heavy atom. The zero-order valence-corrected chi connectivity index (χ0v) is 17.4. The number of anilines is 1. The normalized spacial score (nSPS) is 14.9. The van der Waals surface area contributed by atoms with Gasteiger partial charge in [-0.15, -0.1) is 0 Å². The second kappa shape index (κ2) is 8.08. The van der Waals surface area contributed by atoms with Crippen molar-refractivity contribution >= 4 is 48.3 Å². The monoisotopic (exact) mass is 450 g/mol. The first kappa shape index (κ1) is 20.4. The van der Waals surface area contributed by atoms with E-state index in [0.717, 1.165) is 19.0 Å². The average Bonchev–Trinajstić information content (AvgIpc) is 3.45. The van der Waals surface area contributed by atoms with Gasteiger partial charge >= 0.3 is 5.69 Å². The van der Waals surface area contributed by atoms with Gasteiger partial charge in [0.1, 0.15) is 12.4 Å². The van der Waals surface area contributed by atoms with Gasteiger partial charge < -0.3 is 5.32 Å². The van der Waals surface area contributed by atoms with Gasteiger partial charge in [0.2, 0.25) is 15.9 Å². The molecule has 0 atom stereocenters. The van der Waals surface area contributed by atoms with Crippen LogP contribution in [0.2, 0.25) is 0 Å². The molecule has 1 aliphatic rings. The fraction of sp³-hybridized carbons (Fsp3) is 0.353. The molecule has 2 aromatic heterocycles. The number of fused-ring (bicyclic) bond motifs is 1. The Morgan fingerprint density at radius 3 is 2.77 bits per heavy atom. The number of hydrogen-bond donors (Lipinski definition) is 1. The number of carbonyl (C=O) groups excluding carboxylic acids is 1. The number of nitrogens with one attached hydrogen (secondary N) is 1. The van der Waals surface area contributed by atoms with Gasteiger partial charge in [-0.25, -0.2) is 13.4 Å². The molecule has 1 saturated heterocycles. The van der Waals surface area contributed by atoms with Crippen LogP contribution < -0.4 is 5.32 Å². The van der Waals surface area contributed by atoms with Crippen LogP contribution in [0.1, 0.15) is 19.3 Å². The number of carbonyl (C=O) groups is 1. The molecule has 3 heterocycles. The van der Waals surface area contributed by atoms with Gasteiger partial charge in [-0.3, -0.25) is 19.6 Å². The van der Waals surface area contributed by atoms with E-state index in [-0.39, 0.29) is 29.5 Å². The first-order valence-corrected chi connectivity index (χ1v) is 11.5. The molecule has 1 fully saturated rings. The predicted octanol–water partition coefficient (Wildman–Crippen LogP) is 2.21. The summed E-state index contributed by atoms with van der Waals surface area (Å²) in [6.07, 6.45) is 4.17. The van der Waals surface area contributed by atoms with E-state index in [0.29, 0.717) is 28.4 Å². The Balaban J connectivity index is 1.43. The molecular formula is C17H18N6O5S2. The topological polar surface area (TPSA) is 140 Å². The van der Waals surface area contributed by atoms with Crippen LogP contribution in [-0.4, -0.2) is 51.4 Å². The maximum absolute atomic E-state index is 12.7. The van der Waals surface area contributed by atoms with Crippen molar-refractivity contribution in [2.45, 2.75) is 30.7 Å². The van der Waals surface area contributed by atoms with Crippen LogP contribution in [0.5, 0.6) is 0 Å². The predicted molar refractivity (Wildman–Crippen MR) is 110 cm³/mol. The van der Waals surface area contributed by atoms with Gasteiger partial charge in [0.05, 0.1) is 20.0 Å². The quantitative estimate of drug-likeness (QED) is 0.430. The third kappa shape index (κ3) is 4.17. The number of aromatic nitrogens is 3. The molecule has 1 amide bonds. The lowest BCUT2D eigenvalue weighted by molar-refractivity contribution is -0.385. The second-order valence-corrected chi connectivity index (χ2v) is 9.75. The van der Waals surface area contributed by atoms with Gasteiger partial charge in [0.15, 0.2) is 5.13 Å². The Morgan fingerprint density at radius 2 is 2.07 bits per heavy atom. The number of aryl methyl sites for hydroxylation is 1. The maximum Gasteiger partial charge on any atom is 0.306 e. The first-order valence-electron chi connectivity index (χ1n) is 9.20. The van der Waals surface area contributed by atoms with Crippen molar-refractivity contribution in [3.63, 3.8) is 0 Å². The van der Waals surface area contributed by atoms with E-state index < -0.39 is 14.9 Å². The SMILES string of the molecule is O=C(CCn1cc([N+](=O)[O-])cn1)Nc1nc2ccc(S(=O)(=O)N3CCCC3)cc2s1. The average molecular weight is 451 g/mol. The third-order valence-corrected chi connectivity index (χ3v) is 7.54. The molecule has 0 radical (unpaired) electrons. The standard InChI is InChI=1S/C17H18N6O5S2/c24-16(5-8-21-11-12(10-18-21)23(25)26)20-17-19-14-4-3-13(9-15(14)29-17)30(27,28)22-6-1-2-7-22/h3-4,9-11H,1-2,5-8H2,(H,19,20,24). The summed E-state index contributed by atoms with van der Waals surface area (Å²) in [5.41, 5.74) is 0.458. The molecule has 0 saturated carbocycles. The summed E-state index contributed by atoms with van der Waals surface area (Å²) in [6.45, 7) is 1.25. The lowest BCUT2D eigenvalue weighted by Crippen LogP contribution is -2.27. The van der Waals surface area contributed by atoms with Crippen molar-refractivity contribution in [3.05, 3.63) is 40.7 Å². The number of amides is 1. The highest BCUT2D eigenvalue weighted by Gasteiger charge is 2.27. The molecule has 0 unspecified atom stereocenters. The number of hydrogen-bond acceptors (Lipinski definition) is 8. The molecule has 30 heavy (non-hydrogen) atoms. The molecule has 13 heteroatoms. The van der Waals surface area contributed by atoms with E-state index in [1.807, 2.05) is 0 Å². The summed E-state index contributed by atoms with van der Waals surface area (Å²) < 4.78 is 28.9. The molecule has 4 rings (SSSR count). The second-order valence-electron chi connectivity index (χ2n) is 6.78. The summed E-state index contributed by atoms with van der Waals surface area (Å²) in [7, 11) is -3.52. The molecule has 1 N–H and O–H groups in total. The molecule has 0 aliphatic carbocycles. The summed E-state index contributed by atoms with van der Waals surface area (Å²) in [5.74, 6) is -0.322. The van der Waals surface area contributed by atoms with Crippen molar-refractivity contribution in [1.82, 2.24) is 19.1 Å². The molecule has 158 valence electrons. The van der Waals surface area contributed by atoms with E-state index in [4.69, 9.17) is 0 Å². The Kier molecular flexibility index (Phi) is 5.49. The van der Waals surface area contributed by atoms with Crippen molar-refractivity contribution in [1.29, 1.82) is 0 Å². The molecule has 1 aliphatic heterocycles. The van der Waals surface area contributed by atoms with Crippen molar-refractivity contribution in [2.24, 2.45) is 0 Å². The number of nitro groups is 1.